The molecule has 0 atom stereocenters. The maximum Gasteiger partial charge on any atom is 0.252 e. The fourth-order valence-electron chi connectivity index (χ4n) is 0.848. The first-order chi connectivity index (χ1) is 5.25. The number of ether oxygens (including phenoxy) is 1. The molecule has 1 aromatic carbocycles. The SMILES string of the molecule is COc1ccccc1C(N)=O.Cl.Cl. The molecule has 2 N–H and O–H groups in total. The van der Waals surface area contributed by atoms with Gasteiger partial charge in [-0.1, -0.05) is 12.1 Å². The summed E-state index contributed by atoms with van der Waals surface area (Å²) >= 11 is 0. The highest BCUT2D eigenvalue weighted by Crippen LogP contribution is 2.15. The number of carbonyl (C=O) groups is 1. The number of amides is 1. The largest absolute Gasteiger partial charge is 0.496 e. The van der Waals surface area contributed by atoms with Crippen LogP contribution in [0.25, 0.3) is 0 Å². The third-order valence-corrected chi connectivity index (χ3v) is 1.37. The molecule has 0 aromatic heterocycles. The minimum Gasteiger partial charge on any atom is -0.496 e. The van der Waals surface area contributed by atoms with Gasteiger partial charge in [-0.15, -0.1) is 24.8 Å². The Morgan fingerprint density at radius 1 is 1.31 bits per heavy atom. The van der Waals surface area contributed by atoms with Crippen molar-refractivity contribution < 1.29 is 9.53 Å². The number of hydrogen-bond acceptors (Lipinski definition) is 2. The van der Waals surface area contributed by atoms with Gasteiger partial charge in [0.15, 0.2) is 0 Å². The van der Waals surface area contributed by atoms with E-state index in [-0.39, 0.29) is 24.8 Å². The van der Waals surface area contributed by atoms with Gasteiger partial charge in [-0.05, 0) is 12.1 Å². The van der Waals surface area contributed by atoms with Gasteiger partial charge in [0.25, 0.3) is 5.91 Å². The van der Waals surface area contributed by atoms with Crippen molar-refractivity contribution in [2.45, 2.75) is 0 Å². The lowest BCUT2D eigenvalue weighted by Gasteiger charge is -2.02. The van der Waals surface area contributed by atoms with E-state index < -0.39 is 5.91 Å². The van der Waals surface area contributed by atoms with Crippen molar-refractivity contribution in [3.63, 3.8) is 0 Å². The molecule has 5 heteroatoms. The lowest BCUT2D eigenvalue weighted by atomic mass is 10.2. The van der Waals surface area contributed by atoms with E-state index in [1.807, 2.05) is 0 Å². The number of halogens is 2. The summed E-state index contributed by atoms with van der Waals surface area (Å²) < 4.78 is 4.91. The number of rotatable bonds is 2. The van der Waals surface area contributed by atoms with Crippen LogP contribution in [-0.4, -0.2) is 13.0 Å². The molecule has 0 aliphatic rings. The molecule has 0 aliphatic carbocycles. The van der Waals surface area contributed by atoms with Gasteiger partial charge >= 0.3 is 0 Å². The van der Waals surface area contributed by atoms with Gasteiger partial charge < -0.3 is 10.5 Å². The third kappa shape index (κ3) is 3.53. The van der Waals surface area contributed by atoms with E-state index in [9.17, 15) is 4.79 Å². The molecule has 0 spiro atoms. The van der Waals surface area contributed by atoms with Gasteiger partial charge in [-0.2, -0.15) is 0 Å². The fourth-order valence-corrected chi connectivity index (χ4v) is 0.848. The molecule has 0 aliphatic heterocycles. The van der Waals surface area contributed by atoms with Crippen LogP contribution in [0.4, 0.5) is 0 Å². The fraction of sp³-hybridized carbons (Fsp3) is 0.125. The summed E-state index contributed by atoms with van der Waals surface area (Å²) in [6.07, 6.45) is 0. The summed E-state index contributed by atoms with van der Waals surface area (Å²) in [5, 5.41) is 0. The number of methoxy groups -OCH3 is 1. The number of para-hydroxylation sites is 1. The predicted molar refractivity (Wildman–Crippen MR) is 56.0 cm³/mol. The highest BCUT2D eigenvalue weighted by Gasteiger charge is 2.05. The van der Waals surface area contributed by atoms with Crippen LogP contribution in [0.5, 0.6) is 5.75 Å². The molecule has 1 aromatic rings. The molecule has 13 heavy (non-hydrogen) atoms. The zero-order valence-electron chi connectivity index (χ0n) is 7.02. The van der Waals surface area contributed by atoms with Crippen molar-refractivity contribution in [1.29, 1.82) is 0 Å². The summed E-state index contributed by atoms with van der Waals surface area (Å²) in [7, 11) is 1.50. The van der Waals surface area contributed by atoms with Crippen LogP contribution < -0.4 is 10.5 Å². The zero-order valence-corrected chi connectivity index (χ0v) is 8.65. The van der Waals surface area contributed by atoms with Crippen LogP contribution in [0.2, 0.25) is 0 Å². The molecule has 1 rings (SSSR count). The molecule has 0 unspecified atom stereocenters. The highest BCUT2D eigenvalue weighted by atomic mass is 35.5. The molecule has 1 amide bonds. The Kier molecular flexibility index (Phi) is 7.37. The lowest BCUT2D eigenvalue weighted by molar-refractivity contribution is 0.0997. The molecule has 0 saturated carbocycles. The quantitative estimate of drug-likeness (QED) is 0.830. The minimum absolute atomic E-state index is 0. The summed E-state index contributed by atoms with van der Waals surface area (Å²) in [6, 6.07) is 6.84. The number of hydrogen-bond donors (Lipinski definition) is 1. The van der Waals surface area contributed by atoms with Crippen molar-refractivity contribution in [3.8, 4) is 5.75 Å². The zero-order chi connectivity index (χ0) is 8.27. The number of carbonyl (C=O) groups excluding carboxylic acids is 1. The van der Waals surface area contributed by atoms with Crippen LogP contribution in [0.3, 0.4) is 0 Å². The number of primary amides is 1. The second kappa shape index (κ2) is 6.57. The van der Waals surface area contributed by atoms with Crippen molar-refractivity contribution in [2.24, 2.45) is 5.73 Å². The minimum atomic E-state index is -0.470. The second-order valence-electron chi connectivity index (χ2n) is 2.06. The smallest absolute Gasteiger partial charge is 0.252 e. The molecule has 3 nitrogen and oxygen atoms in total. The summed E-state index contributed by atoms with van der Waals surface area (Å²) in [5.41, 5.74) is 5.48. The Morgan fingerprint density at radius 3 is 2.23 bits per heavy atom. The molecule has 0 saturated heterocycles. The van der Waals surface area contributed by atoms with E-state index >= 15 is 0 Å². The Bertz CT molecular complexity index is 279. The average Bonchev–Trinajstić information content (AvgIpc) is 2.04. The van der Waals surface area contributed by atoms with Crippen LogP contribution in [0.1, 0.15) is 10.4 Å². The molecule has 0 fully saturated rings. The Labute approximate surface area is 89.1 Å². The predicted octanol–water partition coefficient (Wildman–Crippen LogP) is 1.64. The van der Waals surface area contributed by atoms with E-state index in [1.54, 1.807) is 24.3 Å². The van der Waals surface area contributed by atoms with Crippen molar-refractivity contribution in [2.75, 3.05) is 7.11 Å². The Hall–Kier alpha value is -0.930. The number of nitrogens with two attached hydrogens (primary N) is 1. The average molecular weight is 224 g/mol. The molecule has 0 heterocycles. The van der Waals surface area contributed by atoms with Crippen LogP contribution in [0.15, 0.2) is 24.3 Å². The van der Waals surface area contributed by atoms with Gasteiger partial charge in [0.2, 0.25) is 0 Å². The van der Waals surface area contributed by atoms with Crippen molar-refractivity contribution in [1.82, 2.24) is 0 Å². The van der Waals surface area contributed by atoms with Crippen LogP contribution >= 0.6 is 24.8 Å². The van der Waals surface area contributed by atoms with E-state index in [0.29, 0.717) is 11.3 Å². The second-order valence-corrected chi connectivity index (χ2v) is 2.06. The van der Waals surface area contributed by atoms with E-state index in [0.717, 1.165) is 0 Å². The monoisotopic (exact) mass is 223 g/mol. The van der Waals surface area contributed by atoms with E-state index in [2.05, 4.69) is 0 Å². The normalized spacial score (nSPS) is 7.77. The topological polar surface area (TPSA) is 52.3 Å². The van der Waals surface area contributed by atoms with Gasteiger partial charge in [-0.25, -0.2) is 0 Å². The maximum absolute atomic E-state index is 10.7. The van der Waals surface area contributed by atoms with Crippen molar-refractivity contribution in [3.05, 3.63) is 29.8 Å². The molecular formula is C8H11Cl2NO2. The van der Waals surface area contributed by atoms with E-state index in [4.69, 9.17) is 10.5 Å². The third-order valence-electron chi connectivity index (χ3n) is 1.37. The Balaban J connectivity index is 0. The number of benzene rings is 1. The highest BCUT2D eigenvalue weighted by molar-refractivity contribution is 5.95. The molecule has 0 bridgehead atoms. The summed E-state index contributed by atoms with van der Waals surface area (Å²) in [6.45, 7) is 0. The molecular weight excluding hydrogens is 213 g/mol. The first-order valence-electron chi connectivity index (χ1n) is 3.18. The molecule has 0 radical (unpaired) electrons. The first kappa shape index (κ1) is 14.6. The standard InChI is InChI=1S/C8H9NO2.2ClH/c1-11-7-5-3-2-4-6(7)8(9)10;;/h2-5H,1H3,(H2,9,10);2*1H. The Morgan fingerprint density at radius 2 is 1.85 bits per heavy atom. The van der Waals surface area contributed by atoms with Crippen molar-refractivity contribution >= 4 is 30.7 Å². The van der Waals surface area contributed by atoms with Gasteiger partial charge in [0, 0.05) is 0 Å². The summed E-state index contributed by atoms with van der Waals surface area (Å²) in [5.74, 6) is 0.0439. The van der Waals surface area contributed by atoms with E-state index in [1.165, 1.54) is 7.11 Å². The van der Waals surface area contributed by atoms with Gasteiger partial charge in [-0.3, -0.25) is 4.79 Å². The van der Waals surface area contributed by atoms with Gasteiger partial charge in [0.1, 0.15) is 5.75 Å². The van der Waals surface area contributed by atoms with Gasteiger partial charge in [0.05, 0.1) is 12.7 Å². The summed E-state index contributed by atoms with van der Waals surface area (Å²) in [4.78, 5) is 10.7. The lowest BCUT2D eigenvalue weighted by Crippen LogP contribution is -2.11. The maximum atomic E-state index is 10.7. The van der Waals surface area contributed by atoms with Crippen LogP contribution in [-0.2, 0) is 0 Å². The molecule has 74 valence electrons. The first-order valence-corrected chi connectivity index (χ1v) is 3.18. The van der Waals surface area contributed by atoms with Crippen LogP contribution in [0, 0.1) is 0 Å².